The maximum Gasteiger partial charge on any atom is 0.225 e. The fraction of sp³-hybridized carbons (Fsp3) is 0.917. The molecule has 1 fully saturated rings. The van der Waals surface area contributed by atoms with Gasteiger partial charge >= 0.3 is 0 Å². The number of nitrogens with zero attached hydrogens (tertiary/aromatic N) is 1. The highest BCUT2D eigenvalue weighted by molar-refractivity contribution is 5.78. The minimum Gasteiger partial charge on any atom is -0.373 e. The molecule has 16 heavy (non-hydrogen) atoms. The van der Waals surface area contributed by atoms with Crippen LogP contribution in [0.2, 0.25) is 0 Å². The van der Waals surface area contributed by atoms with Crippen molar-refractivity contribution in [3.63, 3.8) is 0 Å². The van der Waals surface area contributed by atoms with Crippen LogP contribution in [0.1, 0.15) is 33.6 Å². The Morgan fingerprint density at radius 3 is 2.81 bits per heavy atom. The summed E-state index contributed by atoms with van der Waals surface area (Å²) in [5, 5.41) is 0. The van der Waals surface area contributed by atoms with Crippen LogP contribution < -0.4 is 5.73 Å². The average molecular weight is 228 g/mol. The van der Waals surface area contributed by atoms with Crippen LogP contribution in [-0.2, 0) is 9.53 Å². The number of nitrogens with two attached hydrogens (primary N) is 1. The first kappa shape index (κ1) is 13.5. The van der Waals surface area contributed by atoms with Crippen molar-refractivity contribution in [3.05, 3.63) is 0 Å². The van der Waals surface area contributed by atoms with Crippen LogP contribution >= 0.6 is 0 Å². The second kappa shape index (κ2) is 6.21. The van der Waals surface area contributed by atoms with E-state index in [4.69, 9.17) is 10.5 Å². The number of carbonyl (C=O) groups excluding carboxylic acids is 1. The normalized spacial score (nSPS) is 25.2. The highest BCUT2D eigenvalue weighted by Gasteiger charge is 2.28. The summed E-state index contributed by atoms with van der Waals surface area (Å²) in [6.45, 7) is 7.99. The van der Waals surface area contributed by atoms with E-state index in [2.05, 4.69) is 6.92 Å². The lowest BCUT2D eigenvalue weighted by atomic mass is 10.0. The van der Waals surface area contributed by atoms with Gasteiger partial charge in [0.25, 0.3) is 0 Å². The fourth-order valence-electron chi connectivity index (χ4n) is 2.06. The standard InChI is InChI=1S/C12H24N2O2/c1-4-5-9(2)12(15)14-6-7-16-11(8-14)10(3)13/h9-11H,4-8,13H2,1-3H3. The van der Waals surface area contributed by atoms with E-state index < -0.39 is 0 Å². The van der Waals surface area contributed by atoms with E-state index >= 15 is 0 Å². The van der Waals surface area contributed by atoms with Crippen molar-refractivity contribution >= 4 is 5.91 Å². The molecule has 1 rings (SSSR count). The molecule has 0 aromatic carbocycles. The minimum absolute atomic E-state index is 0.00785. The van der Waals surface area contributed by atoms with Gasteiger partial charge in [0.05, 0.1) is 12.7 Å². The van der Waals surface area contributed by atoms with Gasteiger partial charge in [-0.3, -0.25) is 4.79 Å². The summed E-state index contributed by atoms with van der Waals surface area (Å²) in [5.41, 5.74) is 5.80. The largest absolute Gasteiger partial charge is 0.373 e. The molecule has 1 saturated heterocycles. The highest BCUT2D eigenvalue weighted by Crippen LogP contribution is 2.14. The van der Waals surface area contributed by atoms with Gasteiger partial charge in [0, 0.05) is 25.0 Å². The first-order chi connectivity index (χ1) is 7.56. The molecule has 0 aliphatic carbocycles. The summed E-state index contributed by atoms with van der Waals surface area (Å²) >= 11 is 0. The third kappa shape index (κ3) is 3.46. The molecular formula is C12H24N2O2. The molecule has 1 heterocycles. The maximum atomic E-state index is 12.1. The SMILES string of the molecule is CCCC(C)C(=O)N1CCOC(C(C)N)C1. The van der Waals surface area contributed by atoms with E-state index in [-0.39, 0.29) is 24.0 Å². The van der Waals surface area contributed by atoms with Crippen molar-refractivity contribution < 1.29 is 9.53 Å². The Morgan fingerprint density at radius 1 is 1.56 bits per heavy atom. The van der Waals surface area contributed by atoms with Crippen molar-refractivity contribution in [2.75, 3.05) is 19.7 Å². The number of rotatable bonds is 4. The molecular weight excluding hydrogens is 204 g/mol. The fourth-order valence-corrected chi connectivity index (χ4v) is 2.06. The molecule has 1 amide bonds. The predicted octanol–water partition coefficient (Wildman–Crippen LogP) is 0.997. The number of carbonyl (C=O) groups is 1. The lowest BCUT2D eigenvalue weighted by Crippen LogP contribution is -2.52. The zero-order valence-electron chi connectivity index (χ0n) is 10.6. The quantitative estimate of drug-likeness (QED) is 0.781. The lowest BCUT2D eigenvalue weighted by Gasteiger charge is -2.36. The Balaban J connectivity index is 2.49. The van der Waals surface area contributed by atoms with Gasteiger partial charge in [-0.2, -0.15) is 0 Å². The third-order valence-corrected chi connectivity index (χ3v) is 3.13. The number of morpholine rings is 1. The van der Waals surface area contributed by atoms with Crippen LogP contribution in [0.25, 0.3) is 0 Å². The summed E-state index contributed by atoms with van der Waals surface area (Å²) in [6.07, 6.45) is 2.00. The minimum atomic E-state index is -0.0166. The molecule has 3 atom stereocenters. The average Bonchev–Trinajstić information content (AvgIpc) is 2.28. The van der Waals surface area contributed by atoms with Gasteiger partial charge in [-0.1, -0.05) is 20.3 Å². The Kier molecular flexibility index (Phi) is 5.22. The molecule has 3 unspecified atom stereocenters. The Bertz CT molecular complexity index is 231. The lowest BCUT2D eigenvalue weighted by molar-refractivity contribution is -0.143. The third-order valence-electron chi connectivity index (χ3n) is 3.13. The van der Waals surface area contributed by atoms with Crippen LogP contribution in [-0.4, -0.2) is 42.6 Å². The number of hydrogen-bond donors (Lipinski definition) is 1. The Labute approximate surface area is 98.1 Å². The van der Waals surface area contributed by atoms with E-state index in [1.54, 1.807) is 0 Å². The molecule has 4 heteroatoms. The molecule has 1 aliphatic rings. The van der Waals surface area contributed by atoms with E-state index in [1.807, 2.05) is 18.7 Å². The van der Waals surface area contributed by atoms with E-state index in [9.17, 15) is 4.79 Å². The van der Waals surface area contributed by atoms with Crippen molar-refractivity contribution in [2.45, 2.75) is 45.8 Å². The zero-order valence-corrected chi connectivity index (χ0v) is 10.6. The molecule has 0 spiro atoms. The first-order valence-corrected chi connectivity index (χ1v) is 6.22. The molecule has 0 radical (unpaired) electrons. The molecule has 0 aromatic heterocycles. The first-order valence-electron chi connectivity index (χ1n) is 6.22. The van der Waals surface area contributed by atoms with Gasteiger partial charge in [-0.05, 0) is 13.3 Å². The smallest absolute Gasteiger partial charge is 0.225 e. The number of hydrogen-bond acceptors (Lipinski definition) is 3. The van der Waals surface area contributed by atoms with Crippen LogP contribution in [0, 0.1) is 5.92 Å². The molecule has 94 valence electrons. The monoisotopic (exact) mass is 228 g/mol. The summed E-state index contributed by atoms with van der Waals surface area (Å²) < 4.78 is 5.54. The Hall–Kier alpha value is -0.610. The van der Waals surface area contributed by atoms with Crippen molar-refractivity contribution in [1.29, 1.82) is 0 Å². The van der Waals surface area contributed by atoms with Crippen molar-refractivity contribution in [1.82, 2.24) is 4.90 Å². The number of amides is 1. The maximum absolute atomic E-state index is 12.1. The van der Waals surface area contributed by atoms with E-state index in [0.29, 0.717) is 19.7 Å². The van der Waals surface area contributed by atoms with Crippen LogP contribution in [0.3, 0.4) is 0 Å². The topological polar surface area (TPSA) is 55.6 Å². The number of ether oxygens (including phenoxy) is 1. The van der Waals surface area contributed by atoms with Gasteiger partial charge in [-0.15, -0.1) is 0 Å². The van der Waals surface area contributed by atoms with Crippen molar-refractivity contribution in [2.24, 2.45) is 11.7 Å². The van der Waals surface area contributed by atoms with Gasteiger partial charge in [-0.25, -0.2) is 0 Å². The van der Waals surface area contributed by atoms with Crippen LogP contribution in [0.5, 0.6) is 0 Å². The second-order valence-corrected chi connectivity index (χ2v) is 4.74. The van der Waals surface area contributed by atoms with Gasteiger partial charge in [0.2, 0.25) is 5.91 Å². The van der Waals surface area contributed by atoms with Gasteiger partial charge < -0.3 is 15.4 Å². The summed E-state index contributed by atoms with van der Waals surface area (Å²) in [7, 11) is 0. The molecule has 4 nitrogen and oxygen atoms in total. The summed E-state index contributed by atoms with van der Waals surface area (Å²) in [5.74, 6) is 0.368. The summed E-state index contributed by atoms with van der Waals surface area (Å²) in [6, 6.07) is -0.0166. The second-order valence-electron chi connectivity index (χ2n) is 4.74. The Morgan fingerprint density at radius 2 is 2.25 bits per heavy atom. The zero-order chi connectivity index (χ0) is 12.1. The molecule has 0 saturated carbocycles. The molecule has 1 aliphatic heterocycles. The van der Waals surface area contributed by atoms with Crippen LogP contribution in [0.4, 0.5) is 0 Å². The molecule has 2 N–H and O–H groups in total. The molecule has 0 aromatic rings. The van der Waals surface area contributed by atoms with Crippen LogP contribution in [0.15, 0.2) is 0 Å². The van der Waals surface area contributed by atoms with E-state index in [0.717, 1.165) is 12.8 Å². The van der Waals surface area contributed by atoms with Gasteiger partial charge in [0.1, 0.15) is 0 Å². The van der Waals surface area contributed by atoms with E-state index in [1.165, 1.54) is 0 Å². The highest BCUT2D eigenvalue weighted by atomic mass is 16.5. The summed E-state index contributed by atoms with van der Waals surface area (Å²) in [4.78, 5) is 14.0. The van der Waals surface area contributed by atoms with Gasteiger partial charge in [0.15, 0.2) is 0 Å². The molecule has 0 bridgehead atoms. The predicted molar refractivity (Wildman–Crippen MR) is 64.0 cm³/mol. The van der Waals surface area contributed by atoms with Crippen molar-refractivity contribution in [3.8, 4) is 0 Å².